The van der Waals surface area contributed by atoms with Gasteiger partial charge in [0.15, 0.2) is 0 Å². The highest BCUT2D eigenvalue weighted by Crippen LogP contribution is 2.33. The maximum atomic E-state index is 10.6. The molecule has 0 saturated heterocycles. The van der Waals surface area contributed by atoms with Gasteiger partial charge in [0, 0.05) is 0 Å². The van der Waals surface area contributed by atoms with E-state index in [2.05, 4.69) is 36.4 Å². The minimum Gasteiger partial charge on any atom is -0.480 e. The van der Waals surface area contributed by atoms with Crippen LogP contribution in [0.2, 0.25) is 0 Å². The highest BCUT2D eigenvalue weighted by molar-refractivity contribution is 5.68. The van der Waals surface area contributed by atoms with Gasteiger partial charge in [0.2, 0.25) is 0 Å². The molecule has 0 saturated carbocycles. The van der Waals surface area contributed by atoms with E-state index in [4.69, 9.17) is 15.6 Å². The van der Waals surface area contributed by atoms with Crippen LogP contribution in [-0.2, 0) is 15.1 Å². The van der Waals surface area contributed by atoms with Gasteiger partial charge in [-0.2, -0.15) is 0 Å². The number of hydrogen-bond donors (Lipinski definition) is 2. The van der Waals surface area contributed by atoms with Gasteiger partial charge in [0.25, 0.3) is 0 Å². The van der Waals surface area contributed by atoms with Gasteiger partial charge in [-0.05, 0) is 27.8 Å². The lowest BCUT2D eigenvalue weighted by molar-refractivity contribution is -0.143. The number of ether oxygens (including phenoxy) is 1. The third kappa shape index (κ3) is 6.62. The first-order chi connectivity index (χ1) is 18.6. The molecule has 0 amide bonds. The van der Waals surface area contributed by atoms with Crippen molar-refractivity contribution in [3.63, 3.8) is 0 Å². The average molecular weight is 502 g/mol. The number of hydrogen-bond acceptors (Lipinski definition) is 3. The van der Waals surface area contributed by atoms with Crippen LogP contribution in [0.5, 0.6) is 0 Å². The van der Waals surface area contributed by atoms with E-state index in [9.17, 15) is 4.79 Å². The number of rotatable bonds is 8. The van der Waals surface area contributed by atoms with Crippen LogP contribution in [0.3, 0.4) is 0 Å². The first kappa shape index (κ1) is 26.6. The number of carbonyl (C=O) groups is 1. The van der Waals surface area contributed by atoms with Crippen molar-refractivity contribution in [1.82, 2.24) is 0 Å². The predicted molar refractivity (Wildman–Crippen MR) is 152 cm³/mol. The van der Waals surface area contributed by atoms with E-state index in [0.717, 1.165) is 27.8 Å². The maximum absolute atomic E-state index is 10.6. The maximum Gasteiger partial charge on any atom is 0.329 e. The highest BCUT2D eigenvalue weighted by atomic mass is 16.5. The van der Waals surface area contributed by atoms with Gasteiger partial charge in [0.05, 0.1) is 5.54 Å². The molecule has 0 aliphatic carbocycles. The molecule has 4 heteroatoms. The first-order valence-corrected chi connectivity index (χ1v) is 12.5. The molecule has 3 N–H and O–H groups in total. The second kappa shape index (κ2) is 13.2. The fourth-order valence-corrected chi connectivity index (χ4v) is 4.40. The van der Waals surface area contributed by atoms with Crippen molar-refractivity contribution < 1.29 is 14.6 Å². The fourth-order valence-electron chi connectivity index (χ4n) is 4.40. The lowest BCUT2D eigenvalue weighted by atomic mass is 9.78. The summed E-state index contributed by atoms with van der Waals surface area (Å²) in [6, 6.07) is 49.9. The molecular formula is C34H31NO3. The van der Waals surface area contributed by atoms with Gasteiger partial charge in [0.1, 0.15) is 12.7 Å². The lowest BCUT2D eigenvalue weighted by Crippen LogP contribution is -2.39. The summed E-state index contributed by atoms with van der Waals surface area (Å²) in [5, 5.41) is 8.73. The van der Waals surface area contributed by atoms with E-state index in [0.29, 0.717) is 0 Å². The molecule has 0 heterocycles. The van der Waals surface area contributed by atoms with E-state index in [1.54, 1.807) is 0 Å². The van der Waals surface area contributed by atoms with Crippen LogP contribution in [0.1, 0.15) is 33.9 Å². The summed E-state index contributed by atoms with van der Waals surface area (Å²) < 4.78 is 5.48. The van der Waals surface area contributed by atoms with E-state index >= 15 is 0 Å². The third-order valence-electron chi connectivity index (χ3n) is 6.27. The van der Waals surface area contributed by atoms with Crippen LogP contribution in [0.4, 0.5) is 0 Å². The van der Waals surface area contributed by atoms with E-state index in [1.807, 2.05) is 115 Å². The van der Waals surface area contributed by atoms with Crippen molar-refractivity contribution in [2.45, 2.75) is 11.6 Å². The lowest BCUT2D eigenvalue weighted by Gasteiger charge is -2.31. The standard InChI is InChI=1S/C19H17N.C15H14O3/c20-19(16-10-4-1-5-11-16,17-12-6-2-7-13-17)18-14-8-3-9-15-18;16-14(17)11-18-15(12-7-3-1-4-8-12)13-9-5-2-6-10-13/h1-15H,20H2;1-10,15H,11H2,(H,16,17). The molecule has 0 spiro atoms. The van der Waals surface area contributed by atoms with Crippen molar-refractivity contribution in [3.8, 4) is 0 Å². The minimum absolute atomic E-state index is 0.311. The number of carboxylic acids is 1. The van der Waals surface area contributed by atoms with Crippen molar-refractivity contribution in [1.29, 1.82) is 0 Å². The number of nitrogens with two attached hydrogens (primary N) is 1. The van der Waals surface area contributed by atoms with Gasteiger partial charge in [-0.15, -0.1) is 0 Å². The summed E-state index contributed by atoms with van der Waals surface area (Å²) in [5.74, 6) is -0.966. The van der Waals surface area contributed by atoms with Crippen LogP contribution in [0.15, 0.2) is 152 Å². The van der Waals surface area contributed by atoms with E-state index in [-0.39, 0.29) is 12.7 Å². The van der Waals surface area contributed by atoms with Gasteiger partial charge < -0.3 is 15.6 Å². The smallest absolute Gasteiger partial charge is 0.329 e. The van der Waals surface area contributed by atoms with Crippen LogP contribution in [0.25, 0.3) is 0 Å². The summed E-state index contributed by atoms with van der Waals surface area (Å²) in [6.45, 7) is -0.311. The van der Waals surface area contributed by atoms with E-state index in [1.165, 1.54) is 0 Å². The second-order valence-corrected chi connectivity index (χ2v) is 8.81. The molecule has 38 heavy (non-hydrogen) atoms. The van der Waals surface area contributed by atoms with Gasteiger partial charge >= 0.3 is 5.97 Å². The predicted octanol–water partition coefficient (Wildman–Crippen LogP) is 6.81. The number of carboxylic acid groups (broad SMARTS) is 1. The van der Waals surface area contributed by atoms with E-state index < -0.39 is 11.5 Å². The second-order valence-electron chi connectivity index (χ2n) is 8.81. The van der Waals surface area contributed by atoms with Crippen LogP contribution in [0, 0.1) is 0 Å². The van der Waals surface area contributed by atoms with Crippen LogP contribution < -0.4 is 5.73 Å². The summed E-state index contributed by atoms with van der Waals surface area (Å²) in [5.41, 5.74) is 11.4. The largest absolute Gasteiger partial charge is 0.480 e. The summed E-state index contributed by atoms with van der Waals surface area (Å²) in [4.78, 5) is 10.6. The molecule has 4 nitrogen and oxygen atoms in total. The molecule has 0 bridgehead atoms. The molecule has 0 aromatic heterocycles. The summed E-state index contributed by atoms with van der Waals surface area (Å²) in [6.07, 6.45) is -0.344. The van der Waals surface area contributed by atoms with Gasteiger partial charge in [-0.1, -0.05) is 152 Å². The molecule has 190 valence electrons. The molecule has 0 fully saturated rings. The Morgan fingerprint density at radius 2 is 0.868 bits per heavy atom. The number of benzene rings is 5. The molecule has 0 radical (unpaired) electrons. The Balaban J connectivity index is 0.000000178. The molecule has 5 aromatic rings. The van der Waals surface area contributed by atoms with Gasteiger partial charge in [-0.25, -0.2) is 4.79 Å². The quantitative estimate of drug-likeness (QED) is 0.229. The van der Waals surface area contributed by atoms with Crippen molar-refractivity contribution in [2.24, 2.45) is 5.73 Å². The molecule has 0 aliphatic rings. The highest BCUT2D eigenvalue weighted by Gasteiger charge is 2.31. The Bertz CT molecular complexity index is 1240. The Labute approximate surface area is 224 Å². The SMILES string of the molecule is NC(c1ccccc1)(c1ccccc1)c1ccccc1.O=C(O)COC(c1ccccc1)c1ccccc1. The summed E-state index contributed by atoms with van der Waals surface area (Å²) in [7, 11) is 0. The molecular weight excluding hydrogens is 470 g/mol. The zero-order chi connectivity index (χ0) is 26.6. The summed E-state index contributed by atoms with van der Waals surface area (Å²) >= 11 is 0. The normalized spacial score (nSPS) is 10.9. The first-order valence-electron chi connectivity index (χ1n) is 12.5. The number of aliphatic carboxylic acids is 1. The van der Waals surface area contributed by atoms with Gasteiger partial charge in [-0.3, -0.25) is 0 Å². The van der Waals surface area contributed by atoms with Crippen molar-refractivity contribution in [3.05, 3.63) is 179 Å². The molecule has 5 aromatic carbocycles. The third-order valence-corrected chi connectivity index (χ3v) is 6.27. The van der Waals surface area contributed by atoms with Crippen molar-refractivity contribution >= 4 is 5.97 Å². The monoisotopic (exact) mass is 501 g/mol. The molecule has 0 atom stereocenters. The Morgan fingerprint density at radius 1 is 0.579 bits per heavy atom. The zero-order valence-corrected chi connectivity index (χ0v) is 21.1. The average Bonchev–Trinajstić information content (AvgIpc) is 2.99. The Morgan fingerprint density at radius 3 is 1.16 bits per heavy atom. The molecule has 0 unspecified atom stereocenters. The Hall–Kier alpha value is -4.51. The van der Waals surface area contributed by atoms with Crippen molar-refractivity contribution in [2.75, 3.05) is 6.61 Å². The molecule has 0 aliphatic heterocycles. The fraction of sp³-hybridized carbons (Fsp3) is 0.0882. The van der Waals surface area contributed by atoms with Crippen LogP contribution >= 0.6 is 0 Å². The minimum atomic E-state index is -0.966. The van der Waals surface area contributed by atoms with Crippen LogP contribution in [-0.4, -0.2) is 17.7 Å². The Kier molecular flexibility index (Phi) is 9.19. The zero-order valence-electron chi connectivity index (χ0n) is 21.1. The molecule has 5 rings (SSSR count). The topological polar surface area (TPSA) is 72.6 Å².